The zero-order chi connectivity index (χ0) is 20.9. The molecule has 29 heavy (non-hydrogen) atoms. The van der Waals surface area contributed by atoms with Crippen LogP contribution in [0.1, 0.15) is 15.9 Å². The standard InChI is InChI=1S/C21H19FN2O4S/c1-28-20-12-5-4-11-19(20)24-29(26,27)17-9-6-8-15(13-17)21(25)23-14-16-7-2-3-10-18(16)22/h2-13,24H,14H2,1H3,(H,23,25). The van der Waals surface area contributed by atoms with Crippen molar-refractivity contribution >= 4 is 21.6 Å². The fourth-order valence-electron chi connectivity index (χ4n) is 2.66. The molecule has 150 valence electrons. The van der Waals surface area contributed by atoms with Crippen LogP contribution in [0.3, 0.4) is 0 Å². The van der Waals surface area contributed by atoms with Gasteiger partial charge in [0.15, 0.2) is 0 Å². The maximum absolute atomic E-state index is 13.7. The van der Waals surface area contributed by atoms with Crippen LogP contribution in [-0.4, -0.2) is 21.4 Å². The molecular formula is C21H19FN2O4S. The lowest BCUT2D eigenvalue weighted by atomic mass is 10.2. The van der Waals surface area contributed by atoms with Crippen LogP contribution in [-0.2, 0) is 16.6 Å². The van der Waals surface area contributed by atoms with Crippen molar-refractivity contribution < 1.29 is 22.3 Å². The highest BCUT2D eigenvalue weighted by atomic mass is 32.2. The number of benzene rings is 3. The van der Waals surface area contributed by atoms with E-state index in [0.717, 1.165) is 0 Å². The van der Waals surface area contributed by atoms with Crippen molar-refractivity contribution in [2.24, 2.45) is 0 Å². The van der Waals surface area contributed by atoms with Gasteiger partial charge in [0.25, 0.3) is 15.9 Å². The first-order chi connectivity index (χ1) is 13.9. The minimum atomic E-state index is -3.95. The fraction of sp³-hybridized carbons (Fsp3) is 0.0952. The highest BCUT2D eigenvalue weighted by Crippen LogP contribution is 2.26. The highest BCUT2D eigenvalue weighted by Gasteiger charge is 2.18. The van der Waals surface area contributed by atoms with Crippen molar-refractivity contribution in [3.8, 4) is 5.75 Å². The first-order valence-corrected chi connectivity index (χ1v) is 10.2. The quantitative estimate of drug-likeness (QED) is 0.619. The van der Waals surface area contributed by atoms with Crippen molar-refractivity contribution in [1.29, 1.82) is 0 Å². The molecule has 0 spiro atoms. The number of anilines is 1. The number of rotatable bonds is 7. The van der Waals surface area contributed by atoms with Crippen LogP contribution in [0.15, 0.2) is 77.7 Å². The van der Waals surface area contributed by atoms with E-state index in [4.69, 9.17) is 4.74 Å². The molecule has 2 N–H and O–H groups in total. The number of hydrogen-bond donors (Lipinski definition) is 2. The van der Waals surface area contributed by atoms with Crippen LogP contribution in [0.2, 0.25) is 0 Å². The minimum absolute atomic E-state index is 0.0120. The monoisotopic (exact) mass is 414 g/mol. The van der Waals surface area contributed by atoms with Crippen molar-refractivity contribution in [3.63, 3.8) is 0 Å². The maximum atomic E-state index is 13.7. The second kappa shape index (κ2) is 8.74. The van der Waals surface area contributed by atoms with Gasteiger partial charge < -0.3 is 10.1 Å². The summed E-state index contributed by atoms with van der Waals surface area (Å²) >= 11 is 0. The Morgan fingerprint density at radius 1 is 1.00 bits per heavy atom. The third-order valence-corrected chi connectivity index (χ3v) is 5.52. The highest BCUT2D eigenvalue weighted by molar-refractivity contribution is 7.92. The second-order valence-electron chi connectivity index (χ2n) is 6.11. The van der Waals surface area contributed by atoms with Crippen molar-refractivity contribution in [1.82, 2.24) is 5.32 Å². The van der Waals surface area contributed by atoms with Gasteiger partial charge in [0.1, 0.15) is 11.6 Å². The number of halogens is 1. The van der Waals surface area contributed by atoms with Crippen LogP contribution in [0.4, 0.5) is 10.1 Å². The predicted molar refractivity (Wildman–Crippen MR) is 108 cm³/mol. The van der Waals surface area contributed by atoms with Crippen molar-refractivity contribution in [3.05, 3.63) is 89.7 Å². The summed E-state index contributed by atoms with van der Waals surface area (Å²) < 4.78 is 46.7. The molecule has 8 heteroatoms. The Labute approximate surface area is 168 Å². The summed E-state index contributed by atoms with van der Waals surface area (Å²) in [6, 6.07) is 18.3. The third-order valence-electron chi connectivity index (χ3n) is 4.16. The maximum Gasteiger partial charge on any atom is 0.262 e. The average molecular weight is 414 g/mol. The average Bonchev–Trinajstić information content (AvgIpc) is 2.73. The summed E-state index contributed by atoms with van der Waals surface area (Å²) in [5.41, 5.74) is 0.760. The van der Waals surface area contributed by atoms with E-state index >= 15 is 0 Å². The van der Waals surface area contributed by atoms with Gasteiger partial charge in [-0.05, 0) is 36.4 Å². The number of amides is 1. The van der Waals surface area contributed by atoms with Gasteiger partial charge in [0.05, 0.1) is 17.7 Å². The summed E-state index contributed by atoms with van der Waals surface area (Å²) in [7, 11) is -2.51. The fourth-order valence-corrected chi connectivity index (χ4v) is 3.77. The molecule has 0 aliphatic rings. The summed E-state index contributed by atoms with van der Waals surface area (Å²) in [5.74, 6) is -0.567. The molecule has 0 saturated heterocycles. The van der Waals surface area contributed by atoms with Gasteiger partial charge in [-0.25, -0.2) is 12.8 Å². The van der Waals surface area contributed by atoms with Crippen LogP contribution in [0.25, 0.3) is 0 Å². The number of carbonyl (C=O) groups is 1. The molecular weight excluding hydrogens is 395 g/mol. The second-order valence-corrected chi connectivity index (χ2v) is 7.79. The Balaban J connectivity index is 1.77. The Bertz CT molecular complexity index is 1130. The van der Waals surface area contributed by atoms with E-state index in [9.17, 15) is 17.6 Å². The van der Waals surface area contributed by atoms with Gasteiger partial charge in [0.2, 0.25) is 0 Å². The molecule has 0 aliphatic carbocycles. The Hall–Kier alpha value is -3.39. The third kappa shape index (κ3) is 4.91. The summed E-state index contributed by atoms with van der Waals surface area (Å²) in [4.78, 5) is 12.3. The van der Waals surface area contributed by atoms with E-state index in [-0.39, 0.29) is 22.7 Å². The molecule has 0 fully saturated rings. The molecule has 1 amide bonds. The largest absolute Gasteiger partial charge is 0.495 e. The van der Waals surface area contributed by atoms with E-state index in [1.807, 2.05) is 0 Å². The SMILES string of the molecule is COc1ccccc1NS(=O)(=O)c1cccc(C(=O)NCc2ccccc2F)c1. The number of methoxy groups -OCH3 is 1. The van der Waals surface area contributed by atoms with Crippen molar-refractivity contribution in [2.45, 2.75) is 11.4 Å². The first kappa shape index (κ1) is 20.3. The van der Waals surface area contributed by atoms with E-state index in [0.29, 0.717) is 11.3 Å². The van der Waals surface area contributed by atoms with Crippen LogP contribution >= 0.6 is 0 Å². The lowest BCUT2D eigenvalue weighted by molar-refractivity contribution is 0.0950. The molecule has 3 aromatic carbocycles. The topological polar surface area (TPSA) is 84.5 Å². The van der Waals surface area contributed by atoms with E-state index in [2.05, 4.69) is 10.0 Å². The number of carbonyl (C=O) groups excluding carboxylic acids is 1. The first-order valence-electron chi connectivity index (χ1n) is 8.68. The molecule has 0 atom stereocenters. The lowest BCUT2D eigenvalue weighted by Gasteiger charge is -2.12. The van der Waals surface area contributed by atoms with Gasteiger partial charge in [-0.3, -0.25) is 9.52 Å². The van der Waals surface area contributed by atoms with Crippen LogP contribution in [0, 0.1) is 5.82 Å². The Kier molecular flexibility index (Phi) is 6.13. The smallest absolute Gasteiger partial charge is 0.262 e. The minimum Gasteiger partial charge on any atom is -0.495 e. The molecule has 0 heterocycles. The zero-order valence-electron chi connectivity index (χ0n) is 15.6. The number of hydrogen-bond acceptors (Lipinski definition) is 4. The summed E-state index contributed by atoms with van der Waals surface area (Å²) in [5, 5.41) is 2.59. The Morgan fingerprint density at radius 3 is 2.48 bits per heavy atom. The molecule has 0 aliphatic heterocycles. The molecule has 3 rings (SSSR count). The number of ether oxygens (including phenoxy) is 1. The van der Waals surface area contributed by atoms with Gasteiger partial charge in [-0.1, -0.05) is 36.4 Å². The van der Waals surface area contributed by atoms with Crippen molar-refractivity contribution in [2.75, 3.05) is 11.8 Å². The summed E-state index contributed by atoms with van der Waals surface area (Å²) in [6.07, 6.45) is 0. The molecule has 3 aromatic rings. The molecule has 0 unspecified atom stereocenters. The van der Waals surface area contributed by atoms with Gasteiger partial charge in [-0.2, -0.15) is 0 Å². The van der Waals surface area contributed by atoms with E-state index < -0.39 is 21.7 Å². The molecule has 0 saturated carbocycles. The zero-order valence-corrected chi connectivity index (χ0v) is 16.4. The van der Waals surface area contributed by atoms with Gasteiger partial charge in [-0.15, -0.1) is 0 Å². The number of sulfonamides is 1. The molecule has 6 nitrogen and oxygen atoms in total. The summed E-state index contributed by atoms with van der Waals surface area (Å²) in [6.45, 7) is -0.0120. The van der Waals surface area contributed by atoms with Crippen LogP contribution in [0.5, 0.6) is 5.75 Å². The normalized spacial score (nSPS) is 11.0. The molecule has 0 radical (unpaired) electrons. The Morgan fingerprint density at radius 2 is 1.72 bits per heavy atom. The lowest BCUT2D eigenvalue weighted by Crippen LogP contribution is -2.24. The van der Waals surface area contributed by atoms with E-state index in [1.165, 1.54) is 37.4 Å². The van der Waals surface area contributed by atoms with E-state index in [1.54, 1.807) is 42.5 Å². The number of nitrogens with one attached hydrogen (secondary N) is 2. The predicted octanol–water partition coefficient (Wildman–Crippen LogP) is 3.57. The van der Waals surface area contributed by atoms with Gasteiger partial charge in [0, 0.05) is 17.7 Å². The van der Waals surface area contributed by atoms with Gasteiger partial charge >= 0.3 is 0 Å². The molecule has 0 bridgehead atoms. The van der Waals surface area contributed by atoms with Crippen LogP contribution < -0.4 is 14.8 Å². The molecule has 0 aromatic heterocycles. The number of para-hydroxylation sites is 2.